The number of hydrogen-bond acceptors (Lipinski definition) is 3. The van der Waals surface area contributed by atoms with Crippen LogP contribution in [-0.2, 0) is 4.79 Å². The maximum Gasteiger partial charge on any atom is 0.328 e. The molecule has 2 heterocycles. The molecule has 0 aliphatic carbocycles. The summed E-state index contributed by atoms with van der Waals surface area (Å²) in [5.41, 5.74) is 2.59. The fourth-order valence-electron chi connectivity index (χ4n) is 2.76. The molecule has 3 amide bonds. The third kappa shape index (κ3) is 2.83. The summed E-state index contributed by atoms with van der Waals surface area (Å²) in [6.07, 6.45) is 3.13. The predicted molar refractivity (Wildman–Crippen MR) is 80.3 cm³/mol. The van der Waals surface area contributed by atoms with Crippen molar-refractivity contribution in [2.45, 2.75) is 6.42 Å². The summed E-state index contributed by atoms with van der Waals surface area (Å²) in [6, 6.07) is 10.1. The topological polar surface area (TPSA) is 43.9 Å². The normalized spacial score (nSPS) is 20.1. The molecule has 1 saturated heterocycles. The van der Waals surface area contributed by atoms with Crippen LogP contribution in [0.2, 0.25) is 0 Å². The summed E-state index contributed by atoms with van der Waals surface area (Å²) < 4.78 is 0. The lowest BCUT2D eigenvalue weighted by Crippen LogP contribution is -2.43. The zero-order valence-corrected chi connectivity index (χ0v) is 12.2. The molecule has 110 valence electrons. The van der Waals surface area contributed by atoms with Crippen molar-refractivity contribution in [1.29, 1.82) is 0 Å². The molecule has 0 radical (unpaired) electrons. The summed E-state index contributed by atoms with van der Waals surface area (Å²) in [5, 5.41) is 0. The first-order valence-corrected chi connectivity index (χ1v) is 7.17. The van der Waals surface area contributed by atoms with E-state index in [4.69, 9.17) is 0 Å². The molecule has 1 fully saturated rings. The fourth-order valence-corrected chi connectivity index (χ4v) is 2.76. The molecule has 0 aromatic heterocycles. The molecule has 0 unspecified atom stereocenters. The Morgan fingerprint density at radius 2 is 1.90 bits per heavy atom. The first-order chi connectivity index (χ1) is 10.1. The molecule has 0 atom stereocenters. The summed E-state index contributed by atoms with van der Waals surface area (Å²) >= 11 is 0. The Kier molecular flexibility index (Phi) is 3.75. The molecule has 0 saturated carbocycles. The van der Waals surface area contributed by atoms with E-state index in [1.807, 2.05) is 18.2 Å². The second kappa shape index (κ2) is 5.69. The lowest BCUT2D eigenvalue weighted by molar-refractivity contribution is -0.126. The zero-order chi connectivity index (χ0) is 14.8. The molecule has 2 aliphatic heterocycles. The van der Waals surface area contributed by atoms with Crippen molar-refractivity contribution >= 4 is 17.5 Å². The molecule has 1 aromatic carbocycles. The molecule has 3 rings (SSSR count). The van der Waals surface area contributed by atoms with E-state index >= 15 is 0 Å². The molecule has 0 N–H and O–H groups in total. The number of amides is 3. The van der Waals surface area contributed by atoms with Gasteiger partial charge in [0.1, 0.15) is 6.54 Å². The average Bonchev–Trinajstić information content (AvgIpc) is 2.75. The number of rotatable bonds is 3. The van der Waals surface area contributed by atoms with Crippen LogP contribution in [0.3, 0.4) is 0 Å². The Hall–Kier alpha value is -2.14. The van der Waals surface area contributed by atoms with Crippen LogP contribution >= 0.6 is 0 Å². The third-order valence-corrected chi connectivity index (χ3v) is 4.01. The molecule has 0 bridgehead atoms. The van der Waals surface area contributed by atoms with Gasteiger partial charge in [0.2, 0.25) is 0 Å². The minimum absolute atomic E-state index is 0.111. The maximum absolute atomic E-state index is 11.9. The second-order valence-electron chi connectivity index (χ2n) is 5.52. The Labute approximate surface area is 124 Å². The van der Waals surface area contributed by atoms with Gasteiger partial charge in [0, 0.05) is 20.1 Å². The molecular weight excluding hydrogens is 266 g/mol. The standard InChI is InChI=1S/C16H19N3O2/c1-17-11-15(20)19(16(17)21)12-18-9-7-14(8-10-18)13-5-3-2-4-6-13/h2-7H,8-12H2,1H3. The Morgan fingerprint density at radius 1 is 1.14 bits per heavy atom. The van der Waals surface area contributed by atoms with Crippen molar-refractivity contribution in [2.24, 2.45) is 0 Å². The quantitative estimate of drug-likeness (QED) is 0.793. The van der Waals surface area contributed by atoms with Crippen LogP contribution in [-0.4, -0.2) is 60.0 Å². The van der Waals surface area contributed by atoms with Crippen LogP contribution in [0, 0.1) is 0 Å². The highest BCUT2D eigenvalue weighted by molar-refractivity contribution is 6.01. The number of carbonyl (C=O) groups is 2. The molecule has 21 heavy (non-hydrogen) atoms. The minimum atomic E-state index is -0.196. The van der Waals surface area contributed by atoms with Gasteiger partial charge in [0.25, 0.3) is 5.91 Å². The van der Waals surface area contributed by atoms with Gasteiger partial charge in [-0.25, -0.2) is 9.69 Å². The van der Waals surface area contributed by atoms with Gasteiger partial charge in [-0.15, -0.1) is 0 Å². The number of nitrogens with zero attached hydrogens (tertiary/aromatic N) is 3. The van der Waals surface area contributed by atoms with E-state index < -0.39 is 0 Å². The predicted octanol–water partition coefficient (Wildman–Crippen LogP) is 1.63. The largest absolute Gasteiger partial charge is 0.328 e. The highest BCUT2D eigenvalue weighted by Gasteiger charge is 2.34. The van der Waals surface area contributed by atoms with Crippen LogP contribution in [0.4, 0.5) is 4.79 Å². The van der Waals surface area contributed by atoms with Crippen molar-refractivity contribution in [1.82, 2.24) is 14.7 Å². The van der Waals surface area contributed by atoms with Gasteiger partial charge in [0.15, 0.2) is 0 Å². The van der Waals surface area contributed by atoms with E-state index in [0.717, 1.165) is 19.5 Å². The van der Waals surface area contributed by atoms with E-state index in [0.29, 0.717) is 6.67 Å². The van der Waals surface area contributed by atoms with E-state index in [1.54, 1.807) is 7.05 Å². The van der Waals surface area contributed by atoms with Crippen LogP contribution in [0.25, 0.3) is 5.57 Å². The van der Waals surface area contributed by atoms with Gasteiger partial charge in [0.05, 0.1) is 6.67 Å². The van der Waals surface area contributed by atoms with Crippen LogP contribution in [0.15, 0.2) is 36.4 Å². The van der Waals surface area contributed by atoms with Crippen molar-refractivity contribution in [3.8, 4) is 0 Å². The van der Waals surface area contributed by atoms with Crippen molar-refractivity contribution in [3.05, 3.63) is 42.0 Å². The van der Waals surface area contributed by atoms with Gasteiger partial charge in [-0.1, -0.05) is 36.4 Å². The monoisotopic (exact) mass is 285 g/mol. The fraction of sp³-hybridized carbons (Fsp3) is 0.375. The first-order valence-electron chi connectivity index (χ1n) is 7.17. The first kappa shape index (κ1) is 13.8. The second-order valence-corrected chi connectivity index (χ2v) is 5.52. The molecule has 5 heteroatoms. The minimum Gasteiger partial charge on any atom is -0.318 e. The van der Waals surface area contributed by atoms with Crippen LogP contribution in [0.5, 0.6) is 0 Å². The number of urea groups is 1. The van der Waals surface area contributed by atoms with Crippen molar-refractivity contribution < 1.29 is 9.59 Å². The Bertz CT molecular complexity index is 582. The Morgan fingerprint density at radius 3 is 2.48 bits per heavy atom. The molecule has 0 spiro atoms. The van der Waals surface area contributed by atoms with Gasteiger partial charge in [-0.05, 0) is 17.6 Å². The summed E-state index contributed by atoms with van der Waals surface area (Å²) in [4.78, 5) is 28.6. The van der Waals surface area contributed by atoms with E-state index in [-0.39, 0.29) is 18.5 Å². The summed E-state index contributed by atoms with van der Waals surface area (Å²) in [5.74, 6) is -0.111. The number of hydrogen-bond donors (Lipinski definition) is 0. The van der Waals surface area contributed by atoms with Gasteiger partial charge in [-0.3, -0.25) is 9.69 Å². The highest BCUT2D eigenvalue weighted by Crippen LogP contribution is 2.22. The molecular formula is C16H19N3O2. The van der Waals surface area contributed by atoms with Crippen LogP contribution < -0.4 is 0 Å². The molecule has 2 aliphatic rings. The van der Waals surface area contributed by atoms with Crippen molar-refractivity contribution in [3.63, 3.8) is 0 Å². The Balaban J connectivity index is 1.62. The number of likely N-dealkylation sites (N-methyl/N-ethyl adjacent to an activating group) is 1. The van der Waals surface area contributed by atoms with Gasteiger partial charge in [-0.2, -0.15) is 0 Å². The zero-order valence-electron chi connectivity index (χ0n) is 12.2. The number of carbonyl (C=O) groups excluding carboxylic acids is 2. The lowest BCUT2D eigenvalue weighted by atomic mass is 10.00. The summed E-state index contributed by atoms with van der Waals surface area (Å²) in [7, 11) is 1.66. The highest BCUT2D eigenvalue weighted by atomic mass is 16.2. The maximum atomic E-state index is 11.9. The SMILES string of the molecule is CN1CC(=O)N(CN2CC=C(c3ccccc3)CC2)C1=O. The van der Waals surface area contributed by atoms with E-state index in [1.165, 1.54) is 20.9 Å². The molecule has 5 nitrogen and oxygen atoms in total. The van der Waals surface area contributed by atoms with E-state index in [9.17, 15) is 9.59 Å². The summed E-state index contributed by atoms with van der Waals surface area (Å²) in [6.45, 7) is 2.21. The lowest BCUT2D eigenvalue weighted by Gasteiger charge is -2.29. The number of imide groups is 1. The van der Waals surface area contributed by atoms with Gasteiger partial charge >= 0.3 is 6.03 Å². The van der Waals surface area contributed by atoms with Crippen LogP contribution in [0.1, 0.15) is 12.0 Å². The smallest absolute Gasteiger partial charge is 0.318 e. The number of benzene rings is 1. The van der Waals surface area contributed by atoms with Gasteiger partial charge < -0.3 is 4.90 Å². The average molecular weight is 285 g/mol. The van der Waals surface area contributed by atoms with Crippen molar-refractivity contribution in [2.75, 3.05) is 33.4 Å². The van der Waals surface area contributed by atoms with E-state index in [2.05, 4.69) is 23.1 Å². The third-order valence-electron chi connectivity index (χ3n) is 4.01. The molecule has 1 aromatic rings.